The quantitative estimate of drug-likeness (QED) is 0.925. The molecule has 1 amide bonds. The lowest BCUT2D eigenvalue weighted by molar-refractivity contribution is 0.0985. The lowest BCUT2D eigenvalue weighted by Crippen LogP contribution is -2.28. The molecule has 1 aromatic heterocycles. The van der Waals surface area contributed by atoms with E-state index in [-0.39, 0.29) is 4.88 Å². The van der Waals surface area contributed by atoms with Crippen molar-refractivity contribution < 1.29 is 17.9 Å². The van der Waals surface area contributed by atoms with Gasteiger partial charge in [-0.2, -0.15) is 0 Å². The van der Waals surface area contributed by atoms with E-state index >= 15 is 0 Å². The molecule has 0 spiro atoms. The molecule has 6 nitrogen and oxygen atoms in total. The Balaban J connectivity index is 2.21. The number of carbonyl (C=O) groups excluding carboxylic acids is 1. The van der Waals surface area contributed by atoms with Crippen LogP contribution in [0.5, 0.6) is 5.75 Å². The molecule has 0 unspecified atom stereocenters. The van der Waals surface area contributed by atoms with Gasteiger partial charge in [0.2, 0.25) is 10.0 Å². The first-order valence-electron chi connectivity index (χ1n) is 5.51. The molecular formula is C12H12N2O4S2. The summed E-state index contributed by atoms with van der Waals surface area (Å²) in [7, 11) is -2.00. The Bertz CT molecular complexity index is 720. The van der Waals surface area contributed by atoms with E-state index in [4.69, 9.17) is 4.74 Å². The number of nitrogens with zero attached hydrogens (tertiary/aromatic N) is 1. The van der Waals surface area contributed by atoms with Gasteiger partial charge < -0.3 is 4.74 Å². The SMILES string of the molecule is COc1ccc(-c2ncc(C(=O)NS(C)(=O)=O)s2)cc1. The number of carbonyl (C=O) groups is 1. The van der Waals surface area contributed by atoms with Crippen molar-refractivity contribution in [1.82, 2.24) is 9.71 Å². The summed E-state index contributed by atoms with van der Waals surface area (Å²) in [6.07, 6.45) is 2.28. The summed E-state index contributed by atoms with van der Waals surface area (Å²) in [6, 6.07) is 7.20. The lowest BCUT2D eigenvalue weighted by Gasteiger charge is -2.00. The molecule has 106 valence electrons. The number of ether oxygens (including phenoxy) is 1. The first-order chi connectivity index (χ1) is 9.39. The predicted molar refractivity (Wildman–Crippen MR) is 76.4 cm³/mol. The Morgan fingerprint density at radius 2 is 1.95 bits per heavy atom. The summed E-state index contributed by atoms with van der Waals surface area (Å²) >= 11 is 1.12. The van der Waals surface area contributed by atoms with E-state index in [9.17, 15) is 13.2 Å². The van der Waals surface area contributed by atoms with Gasteiger partial charge in [0, 0.05) is 5.56 Å². The van der Waals surface area contributed by atoms with E-state index in [2.05, 4.69) is 4.98 Å². The van der Waals surface area contributed by atoms with Crippen LogP contribution in [0.4, 0.5) is 0 Å². The number of aromatic nitrogens is 1. The first kappa shape index (κ1) is 14.5. The van der Waals surface area contributed by atoms with Gasteiger partial charge in [0.15, 0.2) is 0 Å². The van der Waals surface area contributed by atoms with Crippen molar-refractivity contribution >= 4 is 27.3 Å². The Kier molecular flexibility index (Phi) is 4.05. The normalized spacial score (nSPS) is 11.1. The highest BCUT2D eigenvalue weighted by Gasteiger charge is 2.15. The van der Waals surface area contributed by atoms with Crippen molar-refractivity contribution in [3.05, 3.63) is 35.3 Å². The molecule has 0 saturated carbocycles. The molecule has 0 aliphatic heterocycles. The zero-order valence-electron chi connectivity index (χ0n) is 10.8. The highest BCUT2D eigenvalue weighted by Crippen LogP contribution is 2.26. The standard InChI is InChI=1S/C12H12N2O4S2/c1-18-9-5-3-8(4-6-9)12-13-7-10(19-12)11(15)14-20(2,16)17/h3-7H,1-2H3,(H,14,15). The van der Waals surface area contributed by atoms with Gasteiger partial charge in [-0.1, -0.05) is 0 Å². The molecule has 1 aromatic carbocycles. The fourth-order valence-electron chi connectivity index (χ4n) is 1.46. The van der Waals surface area contributed by atoms with Gasteiger partial charge in [-0.25, -0.2) is 18.1 Å². The maximum Gasteiger partial charge on any atom is 0.276 e. The van der Waals surface area contributed by atoms with Crippen LogP contribution in [0.2, 0.25) is 0 Å². The van der Waals surface area contributed by atoms with Crippen LogP contribution in [0.15, 0.2) is 30.5 Å². The molecule has 20 heavy (non-hydrogen) atoms. The number of thiazole rings is 1. The molecule has 0 bridgehead atoms. The average molecular weight is 312 g/mol. The van der Waals surface area contributed by atoms with Crippen molar-refractivity contribution in [1.29, 1.82) is 0 Å². The molecule has 2 aromatic rings. The molecule has 0 saturated heterocycles. The van der Waals surface area contributed by atoms with Crippen LogP contribution in [0.25, 0.3) is 10.6 Å². The summed E-state index contributed by atoms with van der Waals surface area (Å²) in [5.41, 5.74) is 0.828. The van der Waals surface area contributed by atoms with Crippen LogP contribution < -0.4 is 9.46 Å². The number of sulfonamides is 1. The van der Waals surface area contributed by atoms with Crippen molar-refractivity contribution in [2.75, 3.05) is 13.4 Å². The van der Waals surface area contributed by atoms with Gasteiger partial charge in [-0.05, 0) is 24.3 Å². The van der Waals surface area contributed by atoms with Gasteiger partial charge in [0.1, 0.15) is 15.6 Å². The minimum atomic E-state index is -3.57. The first-order valence-corrected chi connectivity index (χ1v) is 8.22. The van der Waals surface area contributed by atoms with E-state index in [0.29, 0.717) is 5.01 Å². The monoisotopic (exact) mass is 312 g/mol. The Morgan fingerprint density at radius 1 is 1.30 bits per heavy atom. The van der Waals surface area contributed by atoms with Crippen molar-refractivity contribution in [2.45, 2.75) is 0 Å². The average Bonchev–Trinajstić information content (AvgIpc) is 2.86. The zero-order valence-corrected chi connectivity index (χ0v) is 12.4. The molecule has 0 aliphatic rings. The smallest absolute Gasteiger partial charge is 0.276 e. The maximum atomic E-state index is 11.7. The third-order valence-corrected chi connectivity index (χ3v) is 3.95. The molecule has 1 heterocycles. The molecule has 2 rings (SSSR count). The van der Waals surface area contributed by atoms with Crippen LogP contribution in [-0.2, 0) is 10.0 Å². The molecule has 0 atom stereocenters. The molecule has 0 fully saturated rings. The number of amides is 1. The highest BCUT2D eigenvalue weighted by atomic mass is 32.2. The van der Waals surface area contributed by atoms with Crippen LogP contribution in [0.1, 0.15) is 9.67 Å². The van der Waals surface area contributed by atoms with Gasteiger partial charge in [-0.15, -0.1) is 11.3 Å². The fourth-order valence-corrected chi connectivity index (χ4v) is 2.79. The second-order valence-electron chi connectivity index (χ2n) is 3.96. The van der Waals surface area contributed by atoms with E-state index in [1.54, 1.807) is 19.2 Å². The largest absolute Gasteiger partial charge is 0.497 e. The number of nitrogens with one attached hydrogen (secondary N) is 1. The van der Waals surface area contributed by atoms with Gasteiger partial charge in [0.05, 0.1) is 19.6 Å². The van der Waals surface area contributed by atoms with Gasteiger partial charge >= 0.3 is 0 Å². The van der Waals surface area contributed by atoms with Crippen LogP contribution in [0, 0.1) is 0 Å². The highest BCUT2D eigenvalue weighted by molar-refractivity contribution is 7.89. The number of methoxy groups -OCH3 is 1. The Morgan fingerprint density at radius 3 is 2.50 bits per heavy atom. The zero-order chi connectivity index (χ0) is 14.8. The predicted octanol–water partition coefficient (Wildman–Crippen LogP) is 1.51. The van der Waals surface area contributed by atoms with Gasteiger partial charge in [-0.3, -0.25) is 4.79 Å². The van der Waals surface area contributed by atoms with E-state index < -0.39 is 15.9 Å². The Hall–Kier alpha value is -1.93. The second-order valence-corrected chi connectivity index (χ2v) is 6.74. The van der Waals surface area contributed by atoms with Crippen molar-refractivity contribution in [3.8, 4) is 16.3 Å². The summed E-state index contributed by atoms with van der Waals surface area (Å²) < 4.78 is 29.0. The van der Waals surface area contributed by atoms with Crippen LogP contribution in [0.3, 0.4) is 0 Å². The van der Waals surface area contributed by atoms with Crippen molar-refractivity contribution in [3.63, 3.8) is 0 Å². The second kappa shape index (κ2) is 5.59. The number of rotatable bonds is 4. The third kappa shape index (κ3) is 3.55. The van der Waals surface area contributed by atoms with E-state index in [1.807, 2.05) is 16.9 Å². The van der Waals surface area contributed by atoms with Gasteiger partial charge in [0.25, 0.3) is 5.91 Å². The molecule has 0 radical (unpaired) electrons. The molecule has 8 heteroatoms. The number of hydrogen-bond donors (Lipinski definition) is 1. The maximum absolute atomic E-state index is 11.7. The van der Waals surface area contributed by atoms with Crippen LogP contribution >= 0.6 is 11.3 Å². The van der Waals surface area contributed by atoms with E-state index in [0.717, 1.165) is 28.9 Å². The Labute approximate surface area is 120 Å². The summed E-state index contributed by atoms with van der Waals surface area (Å²) in [6.45, 7) is 0. The number of hydrogen-bond acceptors (Lipinski definition) is 6. The van der Waals surface area contributed by atoms with Crippen LogP contribution in [-0.4, -0.2) is 32.7 Å². The molecule has 1 N–H and O–H groups in total. The van der Waals surface area contributed by atoms with E-state index in [1.165, 1.54) is 6.20 Å². The summed E-state index contributed by atoms with van der Waals surface area (Å²) in [4.78, 5) is 16.0. The summed E-state index contributed by atoms with van der Waals surface area (Å²) in [5.74, 6) is 0.0464. The lowest BCUT2D eigenvalue weighted by atomic mass is 10.2. The van der Waals surface area contributed by atoms with Crippen molar-refractivity contribution in [2.24, 2.45) is 0 Å². The fraction of sp³-hybridized carbons (Fsp3) is 0.167. The third-order valence-electron chi connectivity index (χ3n) is 2.34. The number of benzene rings is 1. The minimum Gasteiger partial charge on any atom is -0.497 e. The summed E-state index contributed by atoms with van der Waals surface area (Å²) in [5, 5.41) is 0.631. The topological polar surface area (TPSA) is 85.4 Å². The minimum absolute atomic E-state index is 0.237. The molecule has 0 aliphatic carbocycles. The molecular weight excluding hydrogens is 300 g/mol.